The number of ether oxygens (including phenoxy) is 2. The van der Waals surface area contributed by atoms with Crippen LogP contribution < -0.4 is 0 Å². The van der Waals surface area contributed by atoms with Crippen LogP contribution in [0.4, 0.5) is 0 Å². The Bertz CT molecular complexity index is 245. The van der Waals surface area contributed by atoms with Crippen LogP contribution in [-0.4, -0.2) is 50.5 Å². The van der Waals surface area contributed by atoms with Gasteiger partial charge in [-0.15, -0.1) is 0 Å². The van der Waals surface area contributed by atoms with E-state index in [1.54, 1.807) is 0 Å². The summed E-state index contributed by atoms with van der Waals surface area (Å²) < 4.78 is 11.3. The molecule has 0 aromatic carbocycles. The zero-order chi connectivity index (χ0) is 11.6. The Labute approximate surface area is 104 Å². The van der Waals surface area contributed by atoms with Crippen molar-refractivity contribution in [3.63, 3.8) is 0 Å². The molecule has 3 nitrogen and oxygen atoms in total. The molecule has 17 heavy (non-hydrogen) atoms. The van der Waals surface area contributed by atoms with Gasteiger partial charge in [0, 0.05) is 31.7 Å². The van der Waals surface area contributed by atoms with Gasteiger partial charge in [-0.2, -0.15) is 0 Å². The van der Waals surface area contributed by atoms with Crippen LogP contribution >= 0.6 is 0 Å². The highest BCUT2D eigenvalue weighted by atomic mass is 16.5. The van der Waals surface area contributed by atoms with E-state index in [0.717, 1.165) is 19.8 Å². The molecule has 1 spiro atoms. The lowest BCUT2D eigenvalue weighted by Gasteiger charge is -2.39. The summed E-state index contributed by atoms with van der Waals surface area (Å²) in [4.78, 5) is 2.65. The molecule has 3 aliphatic heterocycles. The van der Waals surface area contributed by atoms with Crippen molar-refractivity contribution in [2.75, 3.05) is 39.5 Å². The molecule has 3 heterocycles. The van der Waals surface area contributed by atoms with Crippen LogP contribution in [0.5, 0.6) is 0 Å². The Morgan fingerprint density at radius 3 is 2.94 bits per heavy atom. The Kier molecular flexibility index (Phi) is 3.69. The number of nitrogens with zero attached hydrogens (tertiary/aromatic N) is 1. The molecule has 0 bridgehead atoms. The van der Waals surface area contributed by atoms with Crippen molar-refractivity contribution in [1.29, 1.82) is 0 Å². The molecular weight excluding hydrogens is 214 g/mol. The maximum Gasteiger partial charge on any atom is 0.0588 e. The van der Waals surface area contributed by atoms with Gasteiger partial charge in [-0.05, 0) is 45.1 Å². The molecule has 2 unspecified atom stereocenters. The quantitative estimate of drug-likeness (QED) is 0.752. The summed E-state index contributed by atoms with van der Waals surface area (Å²) in [6, 6.07) is 0. The van der Waals surface area contributed by atoms with Crippen molar-refractivity contribution in [2.45, 2.75) is 44.6 Å². The zero-order valence-corrected chi connectivity index (χ0v) is 10.8. The standard InChI is InChI=1S/C14H25NO2/c1-3-13(17-9-1)4-8-15-7-2-5-14(11-15)6-10-16-12-14/h13H,1-12H2. The summed E-state index contributed by atoms with van der Waals surface area (Å²) in [5, 5.41) is 0. The van der Waals surface area contributed by atoms with Crippen LogP contribution in [0.2, 0.25) is 0 Å². The van der Waals surface area contributed by atoms with Crippen molar-refractivity contribution in [2.24, 2.45) is 5.41 Å². The second-order valence-electron chi connectivity index (χ2n) is 6.11. The maximum atomic E-state index is 5.71. The third-order valence-electron chi connectivity index (χ3n) is 4.72. The first-order valence-corrected chi connectivity index (χ1v) is 7.28. The largest absolute Gasteiger partial charge is 0.381 e. The number of hydrogen-bond acceptors (Lipinski definition) is 3. The van der Waals surface area contributed by atoms with Crippen LogP contribution in [-0.2, 0) is 9.47 Å². The summed E-state index contributed by atoms with van der Waals surface area (Å²) in [6.07, 6.45) is 8.34. The van der Waals surface area contributed by atoms with E-state index in [9.17, 15) is 0 Å². The highest BCUT2D eigenvalue weighted by molar-refractivity contribution is 4.90. The van der Waals surface area contributed by atoms with Gasteiger partial charge in [-0.25, -0.2) is 0 Å². The van der Waals surface area contributed by atoms with Crippen molar-refractivity contribution < 1.29 is 9.47 Å². The molecule has 0 aliphatic carbocycles. The molecule has 0 aromatic rings. The fourth-order valence-corrected chi connectivity index (χ4v) is 3.67. The minimum absolute atomic E-state index is 0.509. The Hall–Kier alpha value is -0.120. The summed E-state index contributed by atoms with van der Waals surface area (Å²) in [5.74, 6) is 0. The average molecular weight is 239 g/mol. The van der Waals surface area contributed by atoms with Crippen LogP contribution in [0.3, 0.4) is 0 Å². The van der Waals surface area contributed by atoms with E-state index in [4.69, 9.17) is 9.47 Å². The zero-order valence-electron chi connectivity index (χ0n) is 10.8. The maximum absolute atomic E-state index is 5.71. The molecule has 3 rings (SSSR count). The van der Waals surface area contributed by atoms with Gasteiger partial charge >= 0.3 is 0 Å². The molecule has 3 aliphatic rings. The van der Waals surface area contributed by atoms with Crippen LogP contribution in [0.1, 0.15) is 38.5 Å². The third-order valence-corrected chi connectivity index (χ3v) is 4.72. The van der Waals surface area contributed by atoms with E-state index in [1.807, 2.05) is 0 Å². The average Bonchev–Trinajstić information content (AvgIpc) is 2.99. The lowest BCUT2D eigenvalue weighted by Crippen LogP contribution is -2.44. The molecule has 2 atom stereocenters. The number of hydrogen-bond donors (Lipinski definition) is 0. The highest BCUT2D eigenvalue weighted by Gasteiger charge is 2.38. The molecule has 0 N–H and O–H groups in total. The van der Waals surface area contributed by atoms with Gasteiger partial charge < -0.3 is 14.4 Å². The van der Waals surface area contributed by atoms with E-state index in [1.165, 1.54) is 58.2 Å². The van der Waals surface area contributed by atoms with E-state index < -0.39 is 0 Å². The van der Waals surface area contributed by atoms with E-state index >= 15 is 0 Å². The molecule has 0 radical (unpaired) electrons. The summed E-state index contributed by atoms with van der Waals surface area (Å²) in [6.45, 7) is 6.76. The van der Waals surface area contributed by atoms with Gasteiger partial charge in [0.1, 0.15) is 0 Å². The molecule has 3 heteroatoms. The first-order chi connectivity index (χ1) is 8.36. The van der Waals surface area contributed by atoms with Gasteiger partial charge in [0.15, 0.2) is 0 Å². The van der Waals surface area contributed by atoms with E-state index in [0.29, 0.717) is 11.5 Å². The van der Waals surface area contributed by atoms with Crippen LogP contribution in [0.15, 0.2) is 0 Å². The second kappa shape index (κ2) is 5.25. The molecule has 0 aromatic heterocycles. The van der Waals surface area contributed by atoms with Gasteiger partial charge in [-0.1, -0.05) is 0 Å². The Balaban J connectivity index is 1.46. The topological polar surface area (TPSA) is 21.7 Å². The third kappa shape index (κ3) is 2.83. The smallest absolute Gasteiger partial charge is 0.0588 e. The molecule has 0 saturated carbocycles. The summed E-state index contributed by atoms with van der Waals surface area (Å²) in [5.41, 5.74) is 0.509. The van der Waals surface area contributed by atoms with Crippen molar-refractivity contribution >= 4 is 0 Å². The normalized spacial score (nSPS) is 39.2. The first kappa shape index (κ1) is 11.9. The summed E-state index contributed by atoms with van der Waals surface area (Å²) >= 11 is 0. The lowest BCUT2D eigenvalue weighted by molar-refractivity contribution is 0.0494. The Morgan fingerprint density at radius 2 is 2.18 bits per heavy atom. The second-order valence-corrected chi connectivity index (χ2v) is 6.11. The highest BCUT2D eigenvalue weighted by Crippen LogP contribution is 2.37. The molecule has 0 amide bonds. The predicted molar refractivity (Wildman–Crippen MR) is 67.1 cm³/mol. The number of rotatable bonds is 3. The minimum Gasteiger partial charge on any atom is -0.381 e. The van der Waals surface area contributed by atoms with Gasteiger partial charge in [0.2, 0.25) is 0 Å². The van der Waals surface area contributed by atoms with E-state index in [-0.39, 0.29) is 0 Å². The fourth-order valence-electron chi connectivity index (χ4n) is 3.67. The van der Waals surface area contributed by atoms with Crippen LogP contribution in [0.25, 0.3) is 0 Å². The molecular formula is C14H25NO2. The molecule has 3 saturated heterocycles. The Morgan fingerprint density at radius 1 is 1.18 bits per heavy atom. The lowest BCUT2D eigenvalue weighted by atomic mass is 9.79. The monoisotopic (exact) mass is 239 g/mol. The predicted octanol–water partition coefficient (Wildman–Crippen LogP) is 2.06. The number of piperidine rings is 1. The van der Waals surface area contributed by atoms with Gasteiger partial charge in [0.25, 0.3) is 0 Å². The van der Waals surface area contributed by atoms with Crippen molar-refractivity contribution in [1.82, 2.24) is 4.90 Å². The fraction of sp³-hybridized carbons (Fsp3) is 1.00. The van der Waals surface area contributed by atoms with E-state index in [2.05, 4.69) is 4.90 Å². The minimum atomic E-state index is 0.509. The first-order valence-electron chi connectivity index (χ1n) is 7.28. The van der Waals surface area contributed by atoms with Gasteiger partial charge in [-0.3, -0.25) is 0 Å². The number of likely N-dealkylation sites (tertiary alicyclic amines) is 1. The van der Waals surface area contributed by atoms with Crippen molar-refractivity contribution in [3.8, 4) is 0 Å². The van der Waals surface area contributed by atoms with Crippen LogP contribution in [0, 0.1) is 5.41 Å². The SMILES string of the molecule is C1COC(CCN2CCCC3(CCOC3)C2)C1. The van der Waals surface area contributed by atoms with Gasteiger partial charge in [0.05, 0.1) is 12.7 Å². The summed E-state index contributed by atoms with van der Waals surface area (Å²) in [7, 11) is 0. The molecule has 3 fully saturated rings. The van der Waals surface area contributed by atoms with Crippen molar-refractivity contribution in [3.05, 3.63) is 0 Å². The molecule has 98 valence electrons.